The second-order valence-corrected chi connectivity index (χ2v) is 10.3. The Morgan fingerprint density at radius 2 is 1.03 bits per heavy atom. The summed E-state index contributed by atoms with van der Waals surface area (Å²) in [7, 11) is 0. The Morgan fingerprint density at radius 1 is 0.568 bits per heavy atom. The maximum Gasteiger partial charge on any atom is 0.0991 e. The summed E-state index contributed by atoms with van der Waals surface area (Å²) < 4.78 is 2.47. The van der Waals surface area contributed by atoms with E-state index >= 15 is 0 Å². The summed E-state index contributed by atoms with van der Waals surface area (Å²) in [6, 6.07) is 37.7. The van der Waals surface area contributed by atoms with Crippen LogP contribution in [0.15, 0.2) is 97.1 Å². The van der Waals surface area contributed by atoms with Crippen molar-refractivity contribution in [1.82, 2.24) is 4.40 Å². The van der Waals surface area contributed by atoms with Crippen LogP contribution in [0.25, 0.3) is 70.8 Å². The van der Waals surface area contributed by atoms with Crippen LogP contribution in [0.2, 0.25) is 0 Å². The van der Waals surface area contributed by atoms with E-state index in [9.17, 15) is 5.26 Å². The molecule has 0 radical (unpaired) electrons. The molecule has 0 aliphatic heterocycles. The SMILES string of the molecule is Cc1cc(C#N)cc(C)c1-c1cc2c3cc4ccccc4cc3n3c4cc5ccccc5cc4c(c1)c23. The van der Waals surface area contributed by atoms with E-state index in [1.165, 1.54) is 70.8 Å². The molecule has 0 amide bonds. The van der Waals surface area contributed by atoms with Crippen molar-refractivity contribution in [3.63, 3.8) is 0 Å². The molecular weight excluding hydrogens is 448 g/mol. The van der Waals surface area contributed by atoms with E-state index in [-0.39, 0.29) is 0 Å². The smallest absolute Gasteiger partial charge is 0.0991 e. The largest absolute Gasteiger partial charge is 0.308 e. The molecule has 0 bridgehead atoms. The van der Waals surface area contributed by atoms with E-state index in [1.54, 1.807) is 0 Å². The average molecular weight is 471 g/mol. The standard InChI is InChI=1S/C35H22N2/c1-20-11-22(19-36)12-21(2)34(20)27-15-30-28-13-23-7-3-5-9-25(23)17-32(28)37-33-18-26-10-6-4-8-24(26)14-29(33)31(16-27)35(30)37/h3-18H,1-2H3. The number of hydrogen-bond acceptors (Lipinski definition) is 1. The van der Waals surface area contributed by atoms with Crippen LogP contribution in [0.4, 0.5) is 0 Å². The number of aromatic nitrogens is 1. The minimum absolute atomic E-state index is 0.712. The van der Waals surface area contributed by atoms with E-state index in [1.807, 2.05) is 12.1 Å². The first-order valence-corrected chi connectivity index (χ1v) is 12.7. The zero-order valence-corrected chi connectivity index (χ0v) is 20.6. The van der Waals surface area contributed by atoms with Gasteiger partial charge in [0.15, 0.2) is 0 Å². The Hall–Kier alpha value is -4.87. The maximum atomic E-state index is 9.50. The van der Waals surface area contributed by atoms with Crippen molar-refractivity contribution in [2.45, 2.75) is 13.8 Å². The van der Waals surface area contributed by atoms with Crippen molar-refractivity contribution in [2.75, 3.05) is 0 Å². The minimum Gasteiger partial charge on any atom is -0.308 e. The fourth-order valence-corrected chi connectivity index (χ4v) is 6.54. The summed E-state index contributed by atoms with van der Waals surface area (Å²) >= 11 is 0. The molecule has 0 unspecified atom stereocenters. The lowest BCUT2D eigenvalue weighted by Gasteiger charge is -2.12. The van der Waals surface area contributed by atoms with Crippen molar-refractivity contribution in [2.24, 2.45) is 0 Å². The lowest BCUT2D eigenvalue weighted by Crippen LogP contribution is -1.91. The molecule has 8 aromatic rings. The molecule has 2 heterocycles. The van der Waals surface area contributed by atoms with Crippen LogP contribution in [0.5, 0.6) is 0 Å². The molecule has 0 saturated carbocycles. The number of fused-ring (bicyclic) bond motifs is 8. The summed E-state index contributed by atoms with van der Waals surface area (Å²) in [5.41, 5.74) is 9.17. The third-order valence-corrected chi connectivity index (χ3v) is 8.07. The van der Waals surface area contributed by atoms with Gasteiger partial charge >= 0.3 is 0 Å². The van der Waals surface area contributed by atoms with Gasteiger partial charge in [0.1, 0.15) is 0 Å². The van der Waals surface area contributed by atoms with Gasteiger partial charge < -0.3 is 4.40 Å². The van der Waals surface area contributed by atoms with E-state index in [4.69, 9.17) is 0 Å². The summed E-state index contributed by atoms with van der Waals surface area (Å²) in [5.74, 6) is 0. The maximum absolute atomic E-state index is 9.50. The molecule has 0 spiro atoms. The van der Waals surface area contributed by atoms with Crippen LogP contribution >= 0.6 is 0 Å². The van der Waals surface area contributed by atoms with Gasteiger partial charge in [-0.15, -0.1) is 0 Å². The molecule has 6 aromatic carbocycles. The number of rotatable bonds is 1. The fraction of sp³-hybridized carbons (Fsp3) is 0.0571. The first kappa shape index (κ1) is 20.3. The minimum atomic E-state index is 0.712. The van der Waals surface area contributed by atoms with Crippen LogP contribution in [0, 0.1) is 25.2 Å². The topological polar surface area (TPSA) is 28.2 Å². The molecule has 172 valence electrons. The molecule has 0 saturated heterocycles. The molecule has 0 fully saturated rings. The molecule has 0 N–H and O–H groups in total. The van der Waals surface area contributed by atoms with E-state index < -0.39 is 0 Å². The highest BCUT2D eigenvalue weighted by Crippen LogP contribution is 2.44. The van der Waals surface area contributed by atoms with Gasteiger partial charge in [0, 0.05) is 21.5 Å². The van der Waals surface area contributed by atoms with Gasteiger partial charge in [-0.1, -0.05) is 48.5 Å². The van der Waals surface area contributed by atoms with E-state index in [2.05, 4.69) is 109 Å². The Bertz CT molecular complexity index is 2130. The van der Waals surface area contributed by atoms with Crippen molar-refractivity contribution in [3.05, 3.63) is 114 Å². The predicted octanol–water partition coefficient (Wildman–Crippen LogP) is 9.30. The van der Waals surface area contributed by atoms with Gasteiger partial charge in [0.05, 0.1) is 28.2 Å². The summed E-state index contributed by atoms with van der Waals surface area (Å²) in [4.78, 5) is 0. The van der Waals surface area contributed by atoms with Crippen molar-refractivity contribution < 1.29 is 0 Å². The molecule has 2 aromatic heterocycles. The molecule has 2 nitrogen and oxygen atoms in total. The Kier molecular flexibility index (Phi) is 3.90. The predicted molar refractivity (Wildman–Crippen MR) is 156 cm³/mol. The van der Waals surface area contributed by atoms with Crippen LogP contribution < -0.4 is 0 Å². The lowest BCUT2D eigenvalue weighted by molar-refractivity contribution is 1.35. The van der Waals surface area contributed by atoms with Crippen molar-refractivity contribution in [1.29, 1.82) is 5.26 Å². The first-order valence-electron chi connectivity index (χ1n) is 12.7. The van der Waals surface area contributed by atoms with Crippen LogP contribution in [-0.2, 0) is 0 Å². The Balaban J connectivity index is 1.61. The van der Waals surface area contributed by atoms with Gasteiger partial charge in [-0.25, -0.2) is 0 Å². The second kappa shape index (κ2) is 7.09. The fourth-order valence-electron chi connectivity index (χ4n) is 6.54. The lowest BCUT2D eigenvalue weighted by atomic mass is 9.91. The number of nitriles is 1. The highest BCUT2D eigenvalue weighted by molar-refractivity contribution is 6.27. The molecule has 0 aliphatic carbocycles. The highest BCUT2D eigenvalue weighted by Gasteiger charge is 2.21. The van der Waals surface area contributed by atoms with Gasteiger partial charge in [-0.05, 0) is 106 Å². The molecular formula is C35H22N2. The first-order chi connectivity index (χ1) is 18.1. The average Bonchev–Trinajstić information content (AvgIpc) is 3.40. The highest BCUT2D eigenvalue weighted by atomic mass is 14.9. The zero-order chi connectivity index (χ0) is 24.8. The van der Waals surface area contributed by atoms with E-state index in [0.29, 0.717) is 5.56 Å². The summed E-state index contributed by atoms with van der Waals surface area (Å²) in [6.45, 7) is 4.23. The normalized spacial score (nSPS) is 12.0. The van der Waals surface area contributed by atoms with Gasteiger partial charge in [0.25, 0.3) is 0 Å². The van der Waals surface area contributed by atoms with Gasteiger partial charge in [-0.2, -0.15) is 5.26 Å². The molecule has 0 aliphatic rings. The number of benzene rings is 6. The number of nitrogens with zero attached hydrogens (tertiary/aromatic N) is 2. The Labute approximate surface area is 213 Å². The summed E-state index contributed by atoms with van der Waals surface area (Å²) in [6.07, 6.45) is 0. The monoisotopic (exact) mass is 470 g/mol. The van der Waals surface area contributed by atoms with Crippen molar-refractivity contribution in [3.8, 4) is 17.2 Å². The quantitative estimate of drug-likeness (QED) is 0.235. The molecule has 37 heavy (non-hydrogen) atoms. The third-order valence-electron chi connectivity index (χ3n) is 8.07. The van der Waals surface area contributed by atoms with Gasteiger partial charge in [-0.3, -0.25) is 0 Å². The van der Waals surface area contributed by atoms with E-state index in [0.717, 1.165) is 11.1 Å². The molecule has 8 rings (SSSR count). The van der Waals surface area contributed by atoms with Gasteiger partial charge in [0.2, 0.25) is 0 Å². The van der Waals surface area contributed by atoms with Crippen molar-refractivity contribution >= 4 is 59.6 Å². The second-order valence-electron chi connectivity index (χ2n) is 10.3. The number of aryl methyl sites for hydroxylation is 2. The zero-order valence-electron chi connectivity index (χ0n) is 20.6. The van der Waals surface area contributed by atoms with Crippen LogP contribution in [-0.4, -0.2) is 4.40 Å². The number of hydrogen-bond donors (Lipinski definition) is 0. The molecule has 0 atom stereocenters. The summed E-state index contributed by atoms with van der Waals surface area (Å²) in [5, 5.41) is 19.6. The van der Waals surface area contributed by atoms with Crippen LogP contribution in [0.3, 0.4) is 0 Å². The van der Waals surface area contributed by atoms with Crippen LogP contribution in [0.1, 0.15) is 16.7 Å². The Morgan fingerprint density at radius 3 is 1.49 bits per heavy atom. The third kappa shape index (κ3) is 2.69. The molecule has 2 heteroatoms.